The second kappa shape index (κ2) is 9.29. The van der Waals surface area contributed by atoms with Crippen molar-refractivity contribution in [1.82, 2.24) is 0 Å². The summed E-state index contributed by atoms with van der Waals surface area (Å²) in [6.45, 7) is 4.20. The van der Waals surface area contributed by atoms with Gasteiger partial charge in [-0.25, -0.2) is 0 Å². The zero-order valence-electron chi connectivity index (χ0n) is 14.1. The fourth-order valence-corrected chi connectivity index (χ4v) is 2.63. The summed E-state index contributed by atoms with van der Waals surface area (Å²) in [7, 11) is 4.86. The van der Waals surface area contributed by atoms with E-state index in [1.54, 1.807) is 19.2 Å². The van der Waals surface area contributed by atoms with Gasteiger partial charge in [0.2, 0.25) is 0 Å². The van der Waals surface area contributed by atoms with Crippen LogP contribution in [0, 0.1) is 5.92 Å². The maximum atomic E-state index is 12.3. The van der Waals surface area contributed by atoms with Crippen LogP contribution in [0.15, 0.2) is 12.1 Å². The van der Waals surface area contributed by atoms with Gasteiger partial charge in [0.05, 0.1) is 21.3 Å². The van der Waals surface area contributed by atoms with Crippen LogP contribution in [0.3, 0.4) is 0 Å². The van der Waals surface area contributed by atoms with Crippen molar-refractivity contribution in [1.29, 1.82) is 0 Å². The molecule has 1 aromatic carbocycles. The van der Waals surface area contributed by atoms with Crippen LogP contribution in [0.2, 0.25) is 0 Å². The number of ether oxygens (including phenoxy) is 3. The molecule has 0 amide bonds. The molecule has 0 bridgehead atoms. The van der Waals surface area contributed by atoms with Crippen LogP contribution in [-0.2, 0) is 0 Å². The molecule has 0 aliphatic heterocycles. The third-order valence-corrected chi connectivity index (χ3v) is 4.20. The number of carbonyl (C=O) groups excluding carboxylic acids is 1. The first-order chi connectivity index (χ1) is 9.03. The van der Waals surface area contributed by atoms with Gasteiger partial charge in [-0.15, -0.1) is 0 Å². The molecule has 6 heteroatoms. The Morgan fingerprint density at radius 3 is 2.00 bits per heavy atom. The number of hydrogen-bond donors (Lipinski definition) is 0. The molecule has 1 unspecified atom stereocenters. The first-order valence-corrected chi connectivity index (χ1v) is 7.32. The third kappa shape index (κ3) is 5.02. The predicted molar refractivity (Wildman–Crippen MR) is 79.6 cm³/mol. The van der Waals surface area contributed by atoms with Crippen LogP contribution in [0.4, 0.5) is 0 Å². The second-order valence-electron chi connectivity index (χ2n) is 4.51. The molecule has 0 saturated carbocycles. The molecule has 0 aliphatic carbocycles. The summed E-state index contributed by atoms with van der Waals surface area (Å²) in [6.07, 6.45) is 0.872. The van der Waals surface area contributed by atoms with E-state index in [9.17, 15) is 4.79 Å². The van der Waals surface area contributed by atoms with Gasteiger partial charge in [0.25, 0.3) is 0 Å². The summed E-state index contributed by atoms with van der Waals surface area (Å²) in [5.41, 5.74) is 0.565. The van der Waals surface area contributed by atoms with Gasteiger partial charge in [0.1, 0.15) is 22.8 Å². The molecule has 0 fully saturated rings. The average Bonchev–Trinajstić information content (AvgIpc) is 2.42. The number of carbonyl (C=O) groups is 1. The smallest absolute Gasteiger partial charge is 1.00 e. The van der Waals surface area contributed by atoms with E-state index in [0.717, 1.165) is 6.16 Å². The van der Waals surface area contributed by atoms with E-state index >= 15 is 0 Å². The largest absolute Gasteiger partial charge is 1.00 e. The fourth-order valence-electron chi connectivity index (χ4n) is 1.61. The zero-order chi connectivity index (χ0) is 14.4. The Morgan fingerprint density at radius 2 is 1.65 bits per heavy atom. The standard InChI is InChI=1S/C14H21O4P.Li.H/c1-9(2)8-19-14(15)13-11(17-4)6-10(16-3)7-12(13)18-5;;/h6-7,9,19H,8H2,1-5H3;;/q;+1;-1. The first-order valence-electron chi connectivity index (χ1n) is 6.11. The third-order valence-electron chi connectivity index (χ3n) is 2.61. The summed E-state index contributed by atoms with van der Waals surface area (Å²) >= 11 is 0. The quantitative estimate of drug-likeness (QED) is 0.536. The number of hydrogen-bond acceptors (Lipinski definition) is 4. The van der Waals surface area contributed by atoms with Gasteiger partial charge in [-0.2, -0.15) is 0 Å². The summed E-state index contributed by atoms with van der Waals surface area (Å²) in [5.74, 6) is 2.10. The Hall–Kier alpha value is -0.683. The molecule has 20 heavy (non-hydrogen) atoms. The van der Waals surface area contributed by atoms with Gasteiger partial charge < -0.3 is 15.6 Å². The van der Waals surface area contributed by atoms with Gasteiger partial charge in [-0.05, 0) is 20.7 Å². The van der Waals surface area contributed by atoms with E-state index in [2.05, 4.69) is 13.8 Å². The van der Waals surface area contributed by atoms with Crippen molar-refractivity contribution >= 4 is 14.1 Å². The SMILES string of the molecule is COc1cc(OC)c(C(=O)PCC(C)C)c(OC)c1.[H-].[Li+]. The molecule has 0 N–H and O–H groups in total. The molecule has 1 rings (SSSR count). The maximum Gasteiger partial charge on any atom is 1.00 e. The van der Waals surface area contributed by atoms with E-state index in [1.165, 1.54) is 14.2 Å². The van der Waals surface area contributed by atoms with Crippen molar-refractivity contribution in [3.05, 3.63) is 17.7 Å². The summed E-state index contributed by atoms with van der Waals surface area (Å²) in [5, 5.41) is 0. The van der Waals surface area contributed by atoms with E-state index in [-0.39, 0.29) is 34.4 Å². The van der Waals surface area contributed by atoms with Crippen molar-refractivity contribution in [2.24, 2.45) is 5.92 Å². The van der Waals surface area contributed by atoms with Crippen LogP contribution < -0.4 is 33.1 Å². The molecule has 0 spiro atoms. The van der Waals surface area contributed by atoms with Crippen molar-refractivity contribution in [2.45, 2.75) is 13.8 Å². The van der Waals surface area contributed by atoms with Crippen LogP contribution in [-0.4, -0.2) is 33.0 Å². The summed E-state index contributed by atoms with van der Waals surface area (Å²) in [6, 6.07) is 3.41. The molecule has 4 nitrogen and oxygen atoms in total. The Morgan fingerprint density at radius 1 is 1.15 bits per heavy atom. The molecule has 0 radical (unpaired) electrons. The molecule has 1 atom stereocenters. The molecule has 0 saturated heterocycles. The average molecular weight is 292 g/mol. The summed E-state index contributed by atoms with van der Waals surface area (Å²) < 4.78 is 15.7. The van der Waals surface area contributed by atoms with Crippen molar-refractivity contribution in [2.75, 3.05) is 27.5 Å². The molecule has 108 valence electrons. The molecular formula is C14H22LiO4P. The van der Waals surface area contributed by atoms with Gasteiger partial charge in [0, 0.05) is 12.1 Å². The van der Waals surface area contributed by atoms with Crippen molar-refractivity contribution < 1.29 is 39.3 Å². The van der Waals surface area contributed by atoms with E-state index in [1.807, 2.05) is 0 Å². The molecule has 0 heterocycles. The predicted octanol–water partition coefficient (Wildman–Crippen LogP) is 0.304. The molecule has 0 aliphatic rings. The summed E-state index contributed by atoms with van der Waals surface area (Å²) in [4.78, 5) is 12.3. The van der Waals surface area contributed by atoms with Crippen LogP contribution in [0.25, 0.3) is 0 Å². The zero-order valence-corrected chi connectivity index (χ0v) is 14.1. The first kappa shape index (κ1) is 19.3. The Balaban J connectivity index is 0. The van der Waals surface area contributed by atoms with E-state index in [0.29, 0.717) is 28.7 Å². The topological polar surface area (TPSA) is 44.8 Å². The number of rotatable bonds is 7. The van der Waals surface area contributed by atoms with Gasteiger partial charge in [-0.3, -0.25) is 4.79 Å². The van der Waals surface area contributed by atoms with Crippen LogP contribution >= 0.6 is 8.58 Å². The fraction of sp³-hybridized carbons (Fsp3) is 0.500. The molecule has 1 aromatic rings. The molecule has 0 aromatic heterocycles. The van der Waals surface area contributed by atoms with Gasteiger partial charge >= 0.3 is 18.9 Å². The van der Waals surface area contributed by atoms with Gasteiger partial charge in [-0.1, -0.05) is 13.8 Å². The molecular weight excluding hydrogens is 270 g/mol. The number of benzene rings is 1. The van der Waals surface area contributed by atoms with E-state index < -0.39 is 0 Å². The Labute approximate surface area is 136 Å². The second-order valence-corrected chi connectivity index (χ2v) is 5.73. The minimum Gasteiger partial charge on any atom is -1.00 e. The van der Waals surface area contributed by atoms with Crippen LogP contribution in [0.5, 0.6) is 17.2 Å². The number of methoxy groups -OCH3 is 3. The van der Waals surface area contributed by atoms with Crippen LogP contribution in [0.1, 0.15) is 25.6 Å². The Bertz CT molecular complexity index is 430. The van der Waals surface area contributed by atoms with E-state index in [4.69, 9.17) is 14.2 Å². The minimum absolute atomic E-state index is 0. The Kier molecular flexibility index (Phi) is 8.97. The maximum absolute atomic E-state index is 12.3. The van der Waals surface area contributed by atoms with Gasteiger partial charge in [0.15, 0.2) is 5.52 Å². The van der Waals surface area contributed by atoms with Crippen molar-refractivity contribution in [3.63, 3.8) is 0 Å². The normalized spacial score (nSPS) is 10.5. The monoisotopic (exact) mass is 292 g/mol. The van der Waals surface area contributed by atoms with Crippen molar-refractivity contribution in [3.8, 4) is 17.2 Å². The minimum atomic E-state index is 0.